The second-order valence-electron chi connectivity index (χ2n) is 5.85. The van der Waals surface area contributed by atoms with Gasteiger partial charge < -0.3 is 20.1 Å². The average Bonchev–Trinajstić information content (AvgIpc) is 3.04. The molecule has 0 spiro atoms. The lowest BCUT2D eigenvalue weighted by molar-refractivity contribution is 0.174. The first kappa shape index (κ1) is 18.0. The van der Waals surface area contributed by atoms with Gasteiger partial charge in [0, 0.05) is 13.1 Å². The molecule has 2 aromatic rings. The Morgan fingerprint density at radius 3 is 2.35 bits per heavy atom. The fraction of sp³-hybridized carbons (Fsp3) is 0.235. The topological polar surface area (TPSA) is 120 Å². The number of nitrogens with one attached hydrogen (secondary N) is 2. The Morgan fingerprint density at radius 2 is 1.62 bits per heavy atom. The lowest BCUT2D eigenvalue weighted by Crippen LogP contribution is -2.34. The molecule has 138 valence electrons. The summed E-state index contributed by atoms with van der Waals surface area (Å²) >= 11 is 0. The number of carbonyl (C=O) groups excluding carboxylic acids is 1. The van der Waals surface area contributed by atoms with Crippen molar-refractivity contribution in [3.63, 3.8) is 0 Å². The summed E-state index contributed by atoms with van der Waals surface area (Å²) in [5, 5.41) is 10.5. The number of rotatable bonds is 6. The minimum absolute atomic E-state index is 0.206. The summed E-state index contributed by atoms with van der Waals surface area (Å²) in [6.07, 6.45) is 0. The predicted molar refractivity (Wildman–Crippen MR) is 94.9 cm³/mol. The highest BCUT2D eigenvalue weighted by molar-refractivity contribution is 7.88. The van der Waals surface area contributed by atoms with Crippen LogP contribution in [0.25, 0.3) is 0 Å². The Kier molecular flexibility index (Phi) is 5.29. The van der Waals surface area contributed by atoms with Crippen LogP contribution in [0.1, 0.15) is 16.7 Å². The van der Waals surface area contributed by atoms with E-state index in [1.54, 1.807) is 30.3 Å². The van der Waals surface area contributed by atoms with E-state index in [0.29, 0.717) is 23.6 Å². The maximum atomic E-state index is 11.9. The maximum Gasteiger partial charge on any atom is 0.315 e. The molecule has 0 saturated carbocycles. The number of benzene rings is 2. The molecule has 0 radical (unpaired) electrons. The molecule has 0 fully saturated rings. The van der Waals surface area contributed by atoms with E-state index in [2.05, 4.69) is 10.6 Å². The molecule has 0 aliphatic carbocycles. The van der Waals surface area contributed by atoms with E-state index in [4.69, 9.17) is 14.6 Å². The molecule has 8 nitrogen and oxygen atoms in total. The molecule has 0 unspecified atom stereocenters. The molecular formula is C17H19N3O5S. The average molecular weight is 377 g/mol. The third-order valence-corrected chi connectivity index (χ3v) is 4.44. The lowest BCUT2D eigenvalue weighted by atomic mass is 10.1. The predicted octanol–water partition coefficient (Wildman–Crippen LogP) is 1.20. The van der Waals surface area contributed by atoms with Crippen molar-refractivity contribution in [2.75, 3.05) is 6.79 Å². The van der Waals surface area contributed by atoms with Crippen LogP contribution in [0.2, 0.25) is 0 Å². The van der Waals surface area contributed by atoms with Crippen LogP contribution < -0.4 is 25.2 Å². The monoisotopic (exact) mass is 377 g/mol. The summed E-state index contributed by atoms with van der Waals surface area (Å²) in [4.78, 5) is 11.9. The minimum atomic E-state index is -3.59. The molecule has 0 saturated heterocycles. The van der Waals surface area contributed by atoms with Gasteiger partial charge in [-0.25, -0.2) is 18.4 Å². The van der Waals surface area contributed by atoms with Crippen molar-refractivity contribution in [1.82, 2.24) is 10.6 Å². The molecule has 0 bridgehead atoms. The molecule has 2 amide bonds. The SMILES string of the molecule is NS(=O)(=O)Cc1cccc(CNC(=O)NCc2ccc3c(c2)OCO3)c1. The molecule has 9 heteroatoms. The zero-order chi connectivity index (χ0) is 18.6. The van der Waals surface area contributed by atoms with Gasteiger partial charge in [0.2, 0.25) is 16.8 Å². The zero-order valence-electron chi connectivity index (χ0n) is 13.9. The summed E-state index contributed by atoms with van der Waals surface area (Å²) in [5.74, 6) is 1.12. The van der Waals surface area contributed by atoms with E-state index in [-0.39, 0.29) is 25.1 Å². The van der Waals surface area contributed by atoms with Crippen molar-refractivity contribution in [2.24, 2.45) is 5.14 Å². The van der Waals surface area contributed by atoms with Crippen LogP contribution >= 0.6 is 0 Å². The van der Waals surface area contributed by atoms with Crippen LogP contribution in [0, 0.1) is 0 Å². The number of primary sulfonamides is 1. The zero-order valence-corrected chi connectivity index (χ0v) is 14.7. The third-order valence-electron chi connectivity index (χ3n) is 3.70. The van der Waals surface area contributed by atoms with Crippen molar-refractivity contribution >= 4 is 16.1 Å². The van der Waals surface area contributed by atoms with Gasteiger partial charge in [0.05, 0.1) is 5.75 Å². The number of carbonyl (C=O) groups is 1. The van der Waals surface area contributed by atoms with Gasteiger partial charge in [-0.15, -0.1) is 0 Å². The summed E-state index contributed by atoms with van der Waals surface area (Å²) in [6.45, 7) is 0.816. The first-order valence-corrected chi connectivity index (χ1v) is 9.59. The third kappa shape index (κ3) is 5.11. The van der Waals surface area contributed by atoms with Crippen molar-refractivity contribution < 1.29 is 22.7 Å². The lowest BCUT2D eigenvalue weighted by Gasteiger charge is -2.09. The number of hydrogen-bond acceptors (Lipinski definition) is 5. The standard InChI is InChI=1S/C17H19N3O5S/c18-26(22,23)10-14-3-1-2-12(6-14)8-19-17(21)20-9-13-4-5-15-16(7-13)25-11-24-15/h1-7H,8-11H2,(H2,18,22,23)(H2,19,20,21). The smallest absolute Gasteiger partial charge is 0.315 e. The molecule has 3 rings (SSSR count). The molecule has 1 heterocycles. The fourth-order valence-corrected chi connectivity index (χ4v) is 3.18. The van der Waals surface area contributed by atoms with E-state index in [9.17, 15) is 13.2 Å². The number of nitrogens with two attached hydrogens (primary N) is 1. The fourth-order valence-electron chi connectivity index (χ4n) is 2.54. The van der Waals surface area contributed by atoms with Crippen LogP contribution in [0.15, 0.2) is 42.5 Å². The molecule has 0 atom stereocenters. The van der Waals surface area contributed by atoms with Gasteiger partial charge in [-0.05, 0) is 28.8 Å². The molecule has 1 aliphatic rings. The highest BCUT2D eigenvalue weighted by atomic mass is 32.2. The first-order valence-electron chi connectivity index (χ1n) is 7.87. The Labute approximate surface area is 151 Å². The Hall–Kier alpha value is -2.78. The largest absolute Gasteiger partial charge is 0.454 e. The summed E-state index contributed by atoms with van der Waals surface area (Å²) in [6, 6.07) is 12.0. The number of amides is 2. The van der Waals surface area contributed by atoms with Crippen LogP contribution in [0.5, 0.6) is 11.5 Å². The van der Waals surface area contributed by atoms with Gasteiger partial charge in [0.25, 0.3) is 0 Å². The number of sulfonamides is 1. The molecule has 4 N–H and O–H groups in total. The quantitative estimate of drug-likeness (QED) is 0.699. The normalized spacial score (nSPS) is 12.7. The minimum Gasteiger partial charge on any atom is -0.454 e. The molecular weight excluding hydrogens is 358 g/mol. The van der Waals surface area contributed by atoms with Crippen LogP contribution in [0.3, 0.4) is 0 Å². The van der Waals surface area contributed by atoms with E-state index in [1.165, 1.54) is 0 Å². The van der Waals surface area contributed by atoms with Gasteiger partial charge >= 0.3 is 6.03 Å². The van der Waals surface area contributed by atoms with Crippen molar-refractivity contribution in [3.8, 4) is 11.5 Å². The molecule has 1 aliphatic heterocycles. The summed E-state index contributed by atoms with van der Waals surface area (Å²) < 4.78 is 32.8. The first-order chi connectivity index (χ1) is 12.4. The second-order valence-corrected chi connectivity index (χ2v) is 7.47. The highest BCUT2D eigenvalue weighted by Gasteiger charge is 2.13. The Balaban J connectivity index is 1.49. The Bertz CT molecular complexity index is 914. The second kappa shape index (κ2) is 7.63. The van der Waals surface area contributed by atoms with Gasteiger partial charge in [0.1, 0.15) is 0 Å². The van der Waals surface area contributed by atoms with Crippen molar-refractivity contribution in [2.45, 2.75) is 18.8 Å². The van der Waals surface area contributed by atoms with Crippen LogP contribution in [0.4, 0.5) is 4.79 Å². The van der Waals surface area contributed by atoms with Gasteiger partial charge in [-0.2, -0.15) is 0 Å². The van der Waals surface area contributed by atoms with E-state index >= 15 is 0 Å². The van der Waals surface area contributed by atoms with E-state index in [1.807, 2.05) is 12.1 Å². The van der Waals surface area contributed by atoms with Crippen molar-refractivity contribution in [3.05, 3.63) is 59.2 Å². The molecule has 0 aromatic heterocycles. The maximum absolute atomic E-state index is 11.9. The van der Waals surface area contributed by atoms with Crippen molar-refractivity contribution in [1.29, 1.82) is 0 Å². The molecule has 26 heavy (non-hydrogen) atoms. The summed E-state index contributed by atoms with van der Waals surface area (Å²) in [7, 11) is -3.59. The van der Waals surface area contributed by atoms with E-state index in [0.717, 1.165) is 11.1 Å². The number of ether oxygens (including phenoxy) is 2. The number of hydrogen-bond donors (Lipinski definition) is 3. The highest BCUT2D eigenvalue weighted by Crippen LogP contribution is 2.32. The van der Waals surface area contributed by atoms with Gasteiger partial charge in [-0.3, -0.25) is 0 Å². The summed E-state index contributed by atoms with van der Waals surface area (Å²) in [5.41, 5.74) is 2.25. The van der Waals surface area contributed by atoms with Crippen LogP contribution in [-0.2, 0) is 28.9 Å². The van der Waals surface area contributed by atoms with Gasteiger partial charge in [0.15, 0.2) is 11.5 Å². The van der Waals surface area contributed by atoms with Crippen LogP contribution in [-0.4, -0.2) is 21.2 Å². The number of urea groups is 1. The number of fused-ring (bicyclic) bond motifs is 1. The van der Waals surface area contributed by atoms with Gasteiger partial charge in [-0.1, -0.05) is 30.3 Å². The van der Waals surface area contributed by atoms with E-state index < -0.39 is 10.0 Å². The molecule has 2 aromatic carbocycles. The Morgan fingerprint density at radius 1 is 0.962 bits per heavy atom.